The van der Waals surface area contributed by atoms with Crippen molar-refractivity contribution in [1.82, 2.24) is 9.62 Å². The van der Waals surface area contributed by atoms with Crippen molar-refractivity contribution < 1.29 is 18.1 Å². The molecule has 136 valence electrons. The lowest BCUT2D eigenvalue weighted by molar-refractivity contribution is -0.895. The Balaban J connectivity index is 1.80. The Morgan fingerprint density at radius 1 is 1.38 bits per heavy atom. The van der Waals surface area contributed by atoms with E-state index in [4.69, 9.17) is 11.6 Å². The van der Waals surface area contributed by atoms with E-state index in [9.17, 15) is 13.2 Å². The van der Waals surface area contributed by atoms with Crippen LogP contribution >= 0.6 is 22.9 Å². The molecule has 0 aromatic carbocycles. The molecule has 0 aliphatic carbocycles. The maximum absolute atomic E-state index is 12.5. The summed E-state index contributed by atoms with van der Waals surface area (Å²) in [5.74, 6) is 0.601. The number of nitrogens with one attached hydrogen (secondary N) is 2. The number of amides is 1. The fraction of sp³-hybridized carbons (Fsp3) is 0.667. The minimum absolute atomic E-state index is 0.0343. The number of hydrogen-bond donors (Lipinski definition) is 2. The fourth-order valence-corrected chi connectivity index (χ4v) is 5.65. The van der Waals surface area contributed by atoms with Crippen LogP contribution in [0.3, 0.4) is 0 Å². The summed E-state index contributed by atoms with van der Waals surface area (Å²) < 4.78 is 27.3. The zero-order chi connectivity index (χ0) is 17.7. The number of quaternary nitrogens is 1. The summed E-state index contributed by atoms with van der Waals surface area (Å²) in [4.78, 5) is 13.0. The van der Waals surface area contributed by atoms with Crippen LogP contribution in [0, 0.1) is 5.92 Å². The minimum Gasteiger partial charge on any atom is -0.351 e. The maximum atomic E-state index is 12.5. The highest BCUT2D eigenvalue weighted by Crippen LogP contribution is 2.27. The lowest BCUT2D eigenvalue weighted by Gasteiger charge is -2.30. The summed E-state index contributed by atoms with van der Waals surface area (Å²) in [5, 5.41) is 2.93. The first-order valence-corrected chi connectivity index (χ1v) is 10.8. The van der Waals surface area contributed by atoms with Crippen molar-refractivity contribution in [3.05, 3.63) is 16.5 Å². The molecule has 1 aliphatic heterocycles. The van der Waals surface area contributed by atoms with E-state index in [2.05, 4.69) is 19.2 Å². The van der Waals surface area contributed by atoms with E-state index in [1.807, 2.05) is 0 Å². The molecular formula is C15H25ClN3O3S2+. The Labute approximate surface area is 152 Å². The van der Waals surface area contributed by atoms with Crippen molar-refractivity contribution in [3.63, 3.8) is 0 Å². The SMILES string of the molecule is CC(C)CCNC(=O)C[NH+]1CCN(S(=O)(=O)c2ccc(Cl)s2)CC1. The van der Waals surface area contributed by atoms with Gasteiger partial charge in [-0.15, -0.1) is 11.3 Å². The zero-order valence-corrected chi connectivity index (χ0v) is 16.4. The lowest BCUT2D eigenvalue weighted by atomic mass is 10.1. The summed E-state index contributed by atoms with van der Waals surface area (Å²) in [7, 11) is -3.46. The van der Waals surface area contributed by atoms with Gasteiger partial charge in [-0.05, 0) is 24.5 Å². The molecule has 1 fully saturated rings. The quantitative estimate of drug-likeness (QED) is 0.705. The van der Waals surface area contributed by atoms with Crippen molar-refractivity contribution in [2.45, 2.75) is 24.5 Å². The Morgan fingerprint density at radius 3 is 2.58 bits per heavy atom. The molecule has 0 saturated carbocycles. The second-order valence-corrected chi connectivity index (χ2v) is 10.3. The average molecular weight is 395 g/mol. The first kappa shape index (κ1) is 19.7. The number of nitrogens with zero attached hydrogens (tertiary/aromatic N) is 1. The second kappa shape index (κ2) is 8.62. The smallest absolute Gasteiger partial charge is 0.275 e. The molecule has 0 atom stereocenters. The van der Waals surface area contributed by atoms with Gasteiger partial charge in [-0.1, -0.05) is 25.4 Å². The van der Waals surface area contributed by atoms with Gasteiger partial charge in [0.25, 0.3) is 15.9 Å². The monoisotopic (exact) mass is 394 g/mol. The summed E-state index contributed by atoms with van der Waals surface area (Å²) in [6.07, 6.45) is 0.969. The Hall–Kier alpha value is -0.670. The van der Waals surface area contributed by atoms with Gasteiger partial charge in [0.05, 0.1) is 30.5 Å². The molecule has 2 N–H and O–H groups in total. The van der Waals surface area contributed by atoms with Crippen molar-refractivity contribution >= 4 is 38.9 Å². The van der Waals surface area contributed by atoms with Crippen molar-refractivity contribution in [2.24, 2.45) is 5.92 Å². The van der Waals surface area contributed by atoms with Gasteiger partial charge in [0, 0.05) is 6.54 Å². The standard InChI is InChI=1S/C15H24ClN3O3S2/c1-12(2)5-6-17-14(20)11-18-7-9-19(10-8-18)24(21,22)15-4-3-13(16)23-15/h3-4,12H,5-11H2,1-2H3,(H,17,20)/p+1. The van der Waals surface area contributed by atoms with Gasteiger partial charge in [0.1, 0.15) is 4.21 Å². The zero-order valence-electron chi connectivity index (χ0n) is 14.0. The molecule has 6 nitrogen and oxygen atoms in total. The third kappa shape index (κ3) is 5.42. The molecule has 0 radical (unpaired) electrons. The van der Waals surface area contributed by atoms with Gasteiger partial charge in [-0.3, -0.25) is 4.79 Å². The van der Waals surface area contributed by atoms with E-state index in [1.54, 1.807) is 12.1 Å². The van der Waals surface area contributed by atoms with Crippen LogP contribution < -0.4 is 10.2 Å². The molecule has 9 heteroatoms. The normalized spacial score (nSPS) is 17.3. The Bertz CT molecular complexity index is 653. The van der Waals surface area contributed by atoms with Gasteiger partial charge in [-0.2, -0.15) is 4.31 Å². The number of halogens is 1. The predicted octanol–water partition coefficient (Wildman–Crippen LogP) is 0.453. The van der Waals surface area contributed by atoms with E-state index in [0.29, 0.717) is 49.5 Å². The highest BCUT2D eigenvalue weighted by molar-refractivity contribution is 7.91. The van der Waals surface area contributed by atoms with E-state index in [-0.39, 0.29) is 10.1 Å². The Morgan fingerprint density at radius 2 is 2.04 bits per heavy atom. The van der Waals surface area contributed by atoms with Crippen LogP contribution in [-0.4, -0.2) is 57.9 Å². The fourth-order valence-electron chi connectivity index (χ4n) is 2.57. The maximum Gasteiger partial charge on any atom is 0.275 e. The first-order chi connectivity index (χ1) is 11.3. The van der Waals surface area contributed by atoms with E-state index in [0.717, 1.165) is 22.7 Å². The molecule has 2 heterocycles. The molecule has 1 saturated heterocycles. The molecule has 1 aromatic rings. The van der Waals surface area contributed by atoms with E-state index >= 15 is 0 Å². The molecule has 1 aliphatic rings. The number of piperazine rings is 1. The summed E-state index contributed by atoms with van der Waals surface area (Å²) in [6, 6.07) is 3.14. The Kier molecular flexibility index (Phi) is 7.06. The largest absolute Gasteiger partial charge is 0.351 e. The number of thiophene rings is 1. The minimum atomic E-state index is -3.46. The summed E-state index contributed by atoms with van der Waals surface area (Å²) in [6.45, 7) is 7.46. The number of sulfonamides is 1. The molecular weight excluding hydrogens is 370 g/mol. The van der Waals surface area contributed by atoms with E-state index < -0.39 is 10.0 Å². The molecule has 2 rings (SSSR count). The summed E-state index contributed by atoms with van der Waals surface area (Å²) in [5.41, 5.74) is 0. The van der Waals surface area contributed by atoms with Crippen LogP contribution in [0.5, 0.6) is 0 Å². The lowest BCUT2D eigenvalue weighted by Crippen LogP contribution is -3.15. The van der Waals surface area contributed by atoms with Gasteiger partial charge >= 0.3 is 0 Å². The first-order valence-electron chi connectivity index (χ1n) is 8.15. The molecule has 0 spiro atoms. The van der Waals surface area contributed by atoms with Crippen LogP contribution in [0.4, 0.5) is 0 Å². The molecule has 0 unspecified atom stereocenters. The van der Waals surface area contributed by atoms with Gasteiger partial charge in [-0.25, -0.2) is 8.42 Å². The van der Waals surface area contributed by atoms with Crippen LogP contribution in [0.25, 0.3) is 0 Å². The molecule has 1 aromatic heterocycles. The van der Waals surface area contributed by atoms with Crippen molar-refractivity contribution in [2.75, 3.05) is 39.3 Å². The van der Waals surface area contributed by atoms with Gasteiger partial charge in [0.2, 0.25) is 0 Å². The molecule has 1 amide bonds. The van der Waals surface area contributed by atoms with E-state index in [1.165, 1.54) is 4.31 Å². The van der Waals surface area contributed by atoms with Crippen LogP contribution in [0.15, 0.2) is 16.3 Å². The van der Waals surface area contributed by atoms with Crippen molar-refractivity contribution in [1.29, 1.82) is 0 Å². The second-order valence-electron chi connectivity index (χ2n) is 6.42. The third-order valence-electron chi connectivity index (χ3n) is 4.03. The molecule has 0 bridgehead atoms. The predicted molar refractivity (Wildman–Crippen MR) is 96.1 cm³/mol. The topological polar surface area (TPSA) is 70.9 Å². The van der Waals surface area contributed by atoms with Crippen LogP contribution in [-0.2, 0) is 14.8 Å². The molecule has 24 heavy (non-hydrogen) atoms. The third-order valence-corrected chi connectivity index (χ3v) is 7.62. The van der Waals surface area contributed by atoms with Crippen LogP contribution in [0.2, 0.25) is 4.34 Å². The van der Waals surface area contributed by atoms with Gasteiger partial charge < -0.3 is 10.2 Å². The van der Waals surface area contributed by atoms with Gasteiger partial charge in [0.15, 0.2) is 6.54 Å². The average Bonchev–Trinajstić information content (AvgIpc) is 2.95. The number of carbonyl (C=O) groups is 1. The number of hydrogen-bond acceptors (Lipinski definition) is 4. The highest BCUT2D eigenvalue weighted by atomic mass is 35.5. The number of carbonyl (C=O) groups excluding carboxylic acids is 1. The summed E-state index contributed by atoms with van der Waals surface area (Å²) >= 11 is 6.91. The highest BCUT2D eigenvalue weighted by Gasteiger charge is 2.32. The number of rotatable bonds is 7. The van der Waals surface area contributed by atoms with Crippen LogP contribution in [0.1, 0.15) is 20.3 Å². The van der Waals surface area contributed by atoms with Crippen molar-refractivity contribution in [3.8, 4) is 0 Å².